The van der Waals surface area contributed by atoms with Gasteiger partial charge in [-0.2, -0.15) is 0 Å². The number of nitrogens with one attached hydrogen (secondary N) is 1. The van der Waals surface area contributed by atoms with Gasteiger partial charge in [-0.05, 0) is 122 Å². The van der Waals surface area contributed by atoms with Crippen LogP contribution in [0.5, 0.6) is 11.5 Å². The number of esters is 3. The van der Waals surface area contributed by atoms with Gasteiger partial charge in [0.15, 0.2) is 18.1 Å². The average Bonchev–Trinajstić information content (AvgIpc) is 3.50. The number of terminal acetylenes is 1. The zero-order valence-electron chi connectivity index (χ0n) is 31.7. The topological polar surface area (TPSA) is 94.7 Å². The number of H-pyrrole nitrogens is 1. The molecule has 3 fully saturated rings. The van der Waals surface area contributed by atoms with Crippen LogP contribution in [0.15, 0.2) is 42.1 Å². The molecule has 3 aromatic rings. The molecule has 0 amide bonds. The molecule has 1 heterocycles. The predicted octanol–water partition coefficient (Wildman–Crippen LogP) is 9.90. The number of hydrogen-bond donors (Lipinski definition) is 1. The lowest BCUT2D eigenvalue weighted by atomic mass is 9.34. The van der Waals surface area contributed by atoms with Crippen LogP contribution >= 0.6 is 11.6 Å². The molecule has 4 aliphatic rings. The molecule has 52 heavy (non-hydrogen) atoms. The number of fused-ring (bicyclic) bond motifs is 8. The first kappa shape index (κ1) is 36.3. The summed E-state index contributed by atoms with van der Waals surface area (Å²) in [4.78, 5) is 42.0. The van der Waals surface area contributed by atoms with E-state index >= 15 is 0 Å². The maximum Gasteiger partial charge on any atom is 0.312 e. The number of aromatic nitrogens is 1. The molecule has 7 atom stereocenters. The number of aromatic amines is 1. The van der Waals surface area contributed by atoms with E-state index < -0.39 is 22.8 Å². The van der Waals surface area contributed by atoms with Crippen molar-refractivity contribution < 1.29 is 28.6 Å². The zero-order chi connectivity index (χ0) is 37.6. The highest BCUT2D eigenvalue weighted by Gasteiger charge is 2.67. The van der Waals surface area contributed by atoms with E-state index in [2.05, 4.69) is 57.8 Å². The Kier molecular flexibility index (Phi) is 8.57. The van der Waals surface area contributed by atoms with E-state index in [-0.39, 0.29) is 52.2 Å². The smallest absolute Gasteiger partial charge is 0.312 e. The van der Waals surface area contributed by atoms with Crippen molar-refractivity contribution in [3.63, 3.8) is 0 Å². The number of carbonyl (C=O) groups excluding carboxylic acids is 3. The van der Waals surface area contributed by atoms with Crippen LogP contribution in [0.25, 0.3) is 10.9 Å². The Hall–Kier alpha value is -4.02. The summed E-state index contributed by atoms with van der Waals surface area (Å²) in [6, 6.07) is 7.85. The standard InChI is InChI=1S/C44H50ClNO6/c1-10-19-50-39(49)41(6)14-13-40(5)15-17-43(8)35-21-30(31-24-46-33-12-11-28(45)20-29(31)33)37-25(2)38(52-27(4)48)34(51-26(3)47)22-32(37)42(35,7)16-18-44(43,9)36(40)23-41/h1,11-12,20-22,24,30,36,46H,13-19,23H2,2-9H3/t30-,36+,40+,41+,42-,43+,44-/m0/s1. The SMILES string of the molecule is C#CCOC(=O)[C@]1(C)CC[C@]2(C)CC[C@]3(C)C4=C[C@@H](c5c[nH]c6ccc(Cl)cc56)c5c(cc(OC(C)=O)c(OC(C)=O)c5C)[C@]4(C)CC[C@@]3(C)[C@@H]2C1. The quantitative estimate of drug-likeness (QED) is 0.122. The highest BCUT2D eigenvalue weighted by Crippen LogP contribution is 2.75. The van der Waals surface area contributed by atoms with Crippen LogP contribution in [0, 0.1) is 46.8 Å². The van der Waals surface area contributed by atoms with Gasteiger partial charge in [0.1, 0.15) is 0 Å². The first-order chi connectivity index (χ1) is 24.4. The third-order valence-electron chi connectivity index (χ3n) is 14.4. The third-order valence-corrected chi connectivity index (χ3v) is 14.6. The largest absolute Gasteiger partial charge is 0.452 e. The Labute approximate surface area is 312 Å². The van der Waals surface area contributed by atoms with E-state index in [1.54, 1.807) is 0 Å². The molecule has 0 aliphatic heterocycles. The molecule has 274 valence electrons. The van der Waals surface area contributed by atoms with Crippen LogP contribution in [0.3, 0.4) is 0 Å². The number of benzene rings is 2. The van der Waals surface area contributed by atoms with Crippen LogP contribution in [0.1, 0.15) is 122 Å². The number of hydrogen-bond acceptors (Lipinski definition) is 6. The molecule has 1 aromatic heterocycles. The van der Waals surface area contributed by atoms with Gasteiger partial charge in [0.05, 0.1) is 5.41 Å². The molecule has 7 nitrogen and oxygen atoms in total. The maximum absolute atomic E-state index is 13.5. The third kappa shape index (κ3) is 5.26. The molecule has 2 aromatic carbocycles. The monoisotopic (exact) mass is 723 g/mol. The Balaban J connectivity index is 1.45. The van der Waals surface area contributed by atoms with E-state index in [4.69, 9.17) is 32.2 Å². The van der Waals surface area contributed by atoms with Crippen molar-refractivity contribution in [2.24, 2.45) is 27.6 Å². The molecule has 4 aliphatic carbocycles. The molecular formula is C44H50ClNO6. The number of allylic oxidation sites excluding steroid dienone is 2. The van der Waals surface area contributed by atoms with E-state index in [9.17, 15) is 14.4 Å². The molecule has 0 bridgehead atoms. The van der Waals surface area contributed by atoms with Crippen molar-refractivity contribution in [1.29, 1.82) is 0 Å². The van der Waals surface area contributed by atoms with Gasteiger partial charge in [-0.25, -0.2) is 0 Å². The van der Waals surface area contributed by atoms with E-state index in [0.717, 1.165) is 78.1 Å². The maximum atomic E-state index is 13.5. The first-order valence-electron chi connectivity index (χ1n) is 18.6. The van der Waals surface area contributed by atoms with Gasteiger partial charge in [-0.15, -0.1) is 6.42 Å². The van der Waals surface area contributed by atoms with Gasteiger partial charge in [0, 0.05) is 52.9 Å². The van der Waals surface area contributed by atoms with Crippen molar-refractivity contribution in [2.75, 3.05) is 6.61 Å². The highest BCUT2D eigenvalue weighted by atomic mass is 35.5. The normalized spacial score (nSPS) is 33.3. The summed E-state index contributed by atoms with van der Waals surface area (Å²) in [5.41, 5.74) is 5.05. The first-order valence-corrected chi connectivity index (χ1v) is 18.9. The van der Waals surface area contributed by atoms with E-state index in [1.165, 1.54) is 19.4 Å². The van der Waals surface area contributed by atoms with Crippen LogP contribution < -0.4 is 9.47 Å². The Morgan fingerprint density at radius 2 is 1.67 bits per heavy atom. The summed E-state index contributed by atoms with van der Waals surface area (Å²) in [7, 11) is 0. The summed E-state index contributed by atoms with van der Waals surface area (Å²) in [5.74, 6) is 1.89. The second kappa shape index (κ2) is 12.3. The minimum Gasteiger partial charge on any atom is -0.452 e. The number of ether oxygens (including phenoxy) is 3. The Morgan fingerprint density at radius 1 is 0.962 bits per heavy atom. The molecule has 8 heteroatoms. The van der Waals surface area contributed by atoms with Crippen molar-refractivity contribution in [2.45, 2.75) is 112 Å². The second-order valence-corrected chi connectivity index (χ2v) is 17.7. The Morgan fingerprint density at radius 3 is 2.37 bits per heavy atom. The molecule has 0 spiro atoms. The van der Waals surface area contributed by atoms with Gasteiger partial charge in [-0.1, -0.05) is 56.9 Å². The zero-order valence-corrected chi connectivity index (χ0v) is 32.4. The van der Waals surface area contributed by atoms with Gasteiger partial charge >= 0.3 is 17.9 Å². The van der Waals surface area contributed by atoms with Gasteiger partial charge in [-0.3, -0.25) is 14.4 Å². The summed E-state index contributed by atoms with van der Waals surface area (Å²) < 4.78 is 17.2. The fourth-order valence-electron chi connectivity index (χ4n) is 11.3. The molecule has 7 rings (SSSR count). The van der Waals surface area contributed by atoms with E-state index in [0.29, 0.717) is 5.02 Å². The molecular weight excluding hydrogens is 674 g/mol. The summed E-state index contributed by atoms with van der Waals surface area (Å²) in [5, 5.41) is 1.67. The fraction of sp³-hybridized carbons (Fsp3) is 0.523. The second-order valence-electron chi connectivity index (χ2n) is 17.3. The van der Waals surface area contributed by atoms with Crippen molar-refractivity contribution in [3.8, 4) is 23.8 Å². The van der Waals surface area contributed by atoms with Crippen molar-refractivity contribution in [1.82, 2.24) is 4.98 Å². The van der Waals surface area contributed by atoms with Gasteiger partial charge in [0.2, 0.25) is 0 Å². The van der Waals surface area contributed by atoms with Crippen LogP contribution in [-0.2, 0) is 24.5 Å². The highest BCUT2D eigenvalue weighted by molar-refractivity contribution is 6.31. The summed E-state index contributed by atoms with van der Waals surface area (Å²) in [6.45, 7) is 16.5. The molecule has 1 N–H and O–H groups in total. The molecule has 0 radical (unpaired) electrons. The number of halogens is 1. The van der Waals surface area contributed by atoms with Crippen LogP contribution in [0.2, 0.25) is 5.02 Å². The summed E-state index contributed by atoms with van der Waals surface area (Å²) >= 11 is 6.61. The average molecular weight is 724 g/mol. The molecule has 3 saturated carbocycles. The van der Waals surface area contributed by atoms with Gasteiger partial charge < -0.3 is 19.2 Å². The van der Waals surface area contributed by atoms with E-state index in [1.807, 2.05) is 31.2 Å². The van der Waals surface area contributed by atoms with Gasteiger partial charge in [0.25, 0.3) is 0 Å². The minimum absolute atomic E-state index is 0.00958. The van der Waals surface area contributed by atoms with Crippen LogP contribution in [-0.4, -0.2) is 29.5 Å². The number of carbonyl (C=O) groups is 3. The lowest BCUT2D eigenvalue weighted by molar-refractivity contribution is -0.180. The van der Waals surface area contributed by atoms with Crippen LogP contribution in [0.4, 0.5) is 0 Å². The molecule has 0 saturated heterocycles. The minimum atomic E-state index is -0.606. The fourth-order valence-corrected chi connectivity index (χ4v) is 11.5. The lowest BCUT2D eigenvalue weighted by Gasteiger charge is -2.70. The lowest BCUT2D eigenvalue weighted by Crippen LogP contribution is -2.62. The summed E-state index contributed by atoms with van der Waals surface area (Å²) in [6.07, 6.45) is 16.4. The van der Waals surface area contributed by atoms with Crippen molar-refractivity contribution >= 4 is 40.4 Å². The number of rotatable bonds is 5. The molecule has 0 unspecified atom stereocenters. The predicted molar refractivity (Wildman–Crippen MR) is 202 cm³/mol. The Bertz CT molecular complexity index is 2110. The van der Waals surface area contributed by atoms with Crippen molar-refractivity contribution in [3.05, 3.63) is 69.4 Å².